The van der Waals surface area contributed by atoms with E-state index in [0.717, 1.165) is 22.3 Å². The Balaban J connectivity index is 1.64. The van der Waals surface area contributed by atoms with Crippen molar-refractivity contribution >= 4 is 28.9 Å². The summed E-state index contributed by atoms with van der Waals surface area (Å²) in [6.45, 7) is 3.91. The van der Waals surface area contributed by atoms with Crippen LogP contribution in [0.4, 0.5) is 10.5 Å². The van der Waals surface area contributed by atoms with E-state index < -0.39 is 6.04 Å². The van der Waals surface area contributed by atoms with Gasteiger partial charge in [-0.05, 0) is 43.7 Å². The van der Waals surface area contributed by atoms with E-state index in [0.29, 0.717) is 28.1 Å². The van der Waals surface area contributed by atoms with Crippen LogP contribution in [0.15, 0.2) is 89.1 Å². The highest BCUT2D eigenvalue weighted by atomic mass is 35.5. The molecule has 1 atom stereocenters. The van der Waals surface area contributed by atoms with Crippen LogP contribution < -0.4 is 10.2 Å². The standard InChI is InChI=1S/C26H21ClN4O2/c1-16-8-10-19(11-9-16)24-29-25(33-30-24)22-17(2)31(21-14-12-20(27)13-15-21)26(32)28-23(22)18-6-4-3-5-7-18/h3-15,23H,1-2H3,(H,28,32). The molecule has 6 nitrogen and oxygen atoms in total. The van der Waals surface area contributed by atoms with Crippen LogP contribution in [0.1, 0.15) is 30.0 Å². The van der Waals surface area contributed by atoms with Gasteiger partial charge in [0.2, 0.25) is 5.82 Å². The van der Waals surface area contributed by atoms with Crippen molar-refractivity contribution in [3.8, 4) is 11.4 Å². The Kier molecular flexibility index (Phi) is 5.44. The first kappa shape index (κ1) is 21.0. The lowest BCUT2D eigenvalue weighted by Gasteiger charge is -2.35. The first-order valence-corrected chi connectivity index (χ1v) is 10.9. The third-order valence-corrected chi connectivity index (χ3v) is 5.92. The highest BCUT2D eigenvalue weighted by Crippen LogP contribution is 2.39. The summed E-state index contributed by atoms with van der Waals surface area (Å²) in [5, 5.41) is 7.91. The number of aryl methyl sites for hydroxylation is 1. The Labute approximate surface area is 196 Å². The maximum atomic E-state index is 13.2. The Hall–Kier alpha value is -3.90. The molecule has 3 aromatic carbocycles. The number of hydrogen-bond donors (Lipinski definition) is 1. The van der Waals surface area contributed by atoms with Gasteiger partial charge >= 0.3 is 6.03 Å². The highest BCUT2D eigenvalue weighted by Gasteiger charge is 2.36. The predicted octanol–water partition coefficient (Wildman–Crippen LogP) is 6.40. The number of carbonyl (C=O) groups excluding carboxylic acids is 1. The Bertz CT molecular complexity index is 1330. The lowest BCUT2D eigenvalue weighted by atomic mass is 9.94. The average Bonchev–Trinajstić information content (AvgIpc) is 3.30. The van der Waals surface area contributed by atoms with Gasteiger partial charge in [-0.3, -0.25) is 4.90 Å². The third kappa shape index (κ3) is 4.01. The molecular formula is C26H21ClN4O2. The van der Waals surface area contributed by atoms with E-state index in [1.54, 1.807) is 29.2 Å². The first-order valence-electron chi connectivity index (χ1n) is 10.5. The number of anilines is 1. The molecular weight excluding hydrogens is 436 g/mol. The smallest absolute Gasteiger partial charge is 0.326 e. The van der Waals surface area contributed by atoms with E-state index in [4.69, 9.17) is 21.1 Å². The maximum absolute atomic E-state index is 13.2. The molecule has 7 heteroatoms. The average molecular weight is 457 g/mol. The van der Waals surface area contributed by atoms with Crippen molar-refractivity contribution in [2.75, 3.05) is 4.90 Å². The summed E-state index contributed by atoms with van der Waals surface area (Å²) in [7, 11) is 0. The fraction of sp³-hybridized carbons (Fsp3) is 0.115. The van der Waals surface area contributed by atoms with Crippen molar-refractivity contribution in [3.63, 3.8) is 0 Å². The second-order valence-electron chi connectivity index (χ2n) is 7.89. The van der Waals surface area contributed by atoms with E-state index in [1.807, 2.05) is 68.4 Å². The largest absolute Gasteiger partial charge is 0.334 e. The molecule has 33 heavy (non-hydrogen) atoms. The highest BCUT2D eigenvalue weighted by molar-refractivity contribution is 6.30. The van der Waals surface area contributed by atoms with Gasteiger partial charge in [-0.2, -0.15) is 4.98 Å². The number of aromatic nitrogens is 2. The molecule has 164 valence electrons. The molecule has 0 saturated heterocycles. The van der Waals surface area contributed by atoms with E-state index in [-0.39, 0.29) is 6.03 Å². The number of carbonyl (C=O) groups is 1. The molecule has 5 rings (SSSR count). The van der Waals surface area contributed by atoms with Crippen molar-refractivity contribution in [2.45, 2.75) is 19.9 Å². The van der Waals surface area contributed by atoms with Crippen LogP contribution in [0.2, 0.25) is 5.02 Å². The van der Waals surface area contributed by atoms with Crippen LogP contribution in [-0.4, -0.2) is 16.2 Å². The molecule has 1 unspecified atom stereocenters. The van der Waals surface area contributed by atoms with Gasteiger partial charge in [-0.15, -0.1) is 0 Å². The van der Waals surface area contributed by atoms with E-state index >= 15 is 0 Å². The molecule has 4 aromatic rings. The van der Waals surface area contributed by atoms with Gasteiger partial charge in [0.05, 0.1) is 17.3 Å². The molecule has 1 aliphatic heterocycles. The van der Waals surface area contributed by atoms with Gasteiger partial charge in [-0.1, -0.05) is 76.9 Å². The van der Waals surface area contributed by atoms with Crippen LogP contribution in [-0.2, 0) is 0 Å². The van der Waals surface area contributed by atoms with Gasteiger partial charge in [0.15, 0.2) is 0 Å². The topological polar surface area (TPSA) is 71.3 Å². The van der Waals surface area contributed by atoms with Crippen molar-refractivity contribution in [3.05, 3.63) is 107 Å². The molecule has 0 aliphatic carbocycles. The molecule has 2 heterocycles. The number of hydrogen-bond acceptors (Lipinski definition) is 4. The molecule has 0 saturated carbocycles. The SMILES string of the molecule is CC1=C(c2nc(-c3ccc(C)cc3)no2)C(c2ccccc2)NC(=O)N1c1ccc(Cl)cc1. The van der Waals surface area contributed by atoms with Crippen molar-refractivity contribution in [1.29, 1.82) is 0 Å². The lowest BCUT2D eigenvalue weighted by molar-refractivity contribution is 0.244. The van der Waals surface area contributed by atoms with Gasteiger partial charge in [-0.25, -0.2) is 4.79 Å². The van der Waals surface area contributed by atoms with Gasteiger partial charge in [0, 0.05) is 16.3 Å². The van der Waals surface area contributed by atoms with Crippen LogP contribution in [0, 0.1) is 6.92 Å². The van der Waals surface area contributed by atoms with Gasteiger partial charge in [0.1, 0.15) is 0 Å². The predicted molar refractivity (Wildman–Crippen MR) is 129 cm³/mol. The second kappa shape index (κ2) is 8.56. The molecule has 0 fully saturated rings. The first-order chi connectivity index (χ1) is 16.0. The van der Waals surface area contributed by atoms with Crippen LogP contribution in [0.3, 0.4) is 0 Å². The van der Waals surface area contributed by atoms with Gasteiger partial charge in [0.25, 0.3) is 5.89 Å². The number of halogens is 1. The van der Waals surface area contributed by atoms with Crippen molar-refractivity contribution < 1.29 is 9.32 Å². The van der Waals surface area contributed by atoms with Gasteiger partial charge < -0.3 is 9.84 Å². The summed E-state index contributed by atoms with van der Waals surface area (Å²) in [5.41, 5.74) is 5.07. The summed E-state index contributed by atoms with van der Waals surface area (Å²) in [6.07, 6.45) is 0. The number of nitrogens with one attached hydrogen (secondary N) is 1. The quantitative estimate of drug-likeness (QED) is 0.385. The van der Waals surface area contributed by atoms with E-state index in [9.17, 15) is 4.79 Å². The molecule has 2 amide bonds. The summed E-state index contributed by atoms with van der Waals surface area (Å²) >= 11 is 6.06. The summed E-state index contributed by atoms with van der Waals surface area (Å²) < 4.78 is 5.73. The zero-order valence-corrected chi connectivity index (χ0v) is 18.9. The number of amides is 2. The van der Waals surface area contributed by atoms with E-state index in [1.165, 1.54) is 0 Å². The fourth-order valence-electron chi connectivity index (χ4n) is 3.97. The van der Waals surface area contributed by atoms with Crippen molar-refractivity contribution in [1.82, 2.24) is 15.5 Å². The molecule has 0 radical (unpaired) electrons. The molecule has 0 bridgehead atoms. The number of nitrogens with zero attached hydrogens (tertiary/aromatic N) is 3. The number of allylic oxidation sites excluding steroid dienone is 1. The normalized spacial score (nSPS) is 16.2. The Morgan fingerprint density at radius 1 is 0.939 bits per heavy atom. The van der Waals surface area contributed by atoms with Crippen LogP contribution in [0.25, 0.3) is 17.0 Å². The summed E-state index contributed by atoms with van der Waals surface area (Å²) in [5.74, 6) is 0.850. The molecule has 1 aromatic heterocycles. The Morgan fingerprint density at radius 3 is 2.33 bits per heavy atom. The zero-order chi connectivity index (χ0) is 22.9. The fourth-order valence-corrected chi connectivity index (χ4v) is 4.10. The number of benzene rings is 3. The van der Waals surface area contributed by atoms with Crippen LogP contribution in [0.5, 0.6) is 0 Å². The zero-order valence-electron chi connectivity index (χ0n) is 18.1. The number of rotatable bonds is 4. The molecule has 1 aliphatic rings. The minimum absolute atomic E-state index is 0.245. The maximum Gasteiger partial charge on any atom is 0.326 e. The van der Waals surface area contributed by atoms with Crippen molar-refractivity contribution in [2.24, 2.45) is 0 Å². The Morgan fingerprint density at radius 2 is 1.64 bits per heavy atom. The molecule has 1 N–H and O–H groups in total. The minimum Gasteiger partial charge on any atom is -0.334 e. The molecule has 0 spiro atoms. The monoisotopic (exact) mass is 456 g/mol. The number of urea groups is 1. The summed E-state index contributed by atoms with van der Waals surface area (Å²) in [6, 6.07) is 24.1. The van der Waals surface area contributed by atoms with E-state index in [2.05, 4.69) is 10.5 Å². The minimum atomic E-state index is -0.437. The summed E-state index contributed by atoms with van der Waals surface area (Å²) in [4.78, 5) is 19.5. The lowest BCUT2D eigenvalue weighted by Crippen LogP contribution is -2.46. The second-order valence-corrected chi connectivity index (χ2v) is 8.33. The van der Waals surface area contributed by atoms with Crippen LogP contribution >= 0.6 is 11.6 Å². The third-order valence-electron chi connectivity index (χ3n) is 5.67.